The van der Waals surface area contributed by atoms with Crippen molar-refractivity contribution in [1.82, 2.24) is 10.1 Å². The fourth-order valence-corrected chi connectivity index (χ4v) is 2.05. The summed E-state index contributed by atoms with van der Waals surface area (Å²) in [5.74, 6) is -0.586. The van der Waals surface area contributed by atoms with Crippen molar-refractivity contribution < 1.29 is 14.4 Å². The molecule has 0 atom stereocenters. The van der Waals surface area contributed by atoms with Gasteiger partial charge in [-0.3, -0.25) is 0 Å². The summed E-state index contributed by atoms with van der Waals surface area (Å²) in [6.07, 6.45) is 0.891. The summed E-state index contributed by atoms with van der Waals surface area (Å²) in [7, 11) is 0. The van der Waals surface area contributed by atoms with E-state index in [0.29, 0.717) is 18.0 Å². The molecule has 17 heavy (non-hydrogen) atoms. The van der Waals surface area contributed by atoms with E-state index in [1.165, 1.54) is 0 Å². The Balaban J connectivity index is 2.16. The summed E-state index contributed by atoms with van der Waals surface area (Å²) >= 11 is 0. The topological polar surface area (TPSA) is 91.2 Å². The van der Waals surface area contributed by atoms with Crippen molar-refractivity contribution in [2.75, 3.05) is 5.32 Å². The average Bonchev–Trinajstić information content (AvgIpc) is 2.91. The first-order valence-electron chi connectivity index (χ1n) is 5.38. The lowest BCUT2D eigenvalue weighted by atomic mass is 10.1. The van der Waals surface area contributed by atoms with Crippen molar-refractivity contribution in [2.45, 2.75) is 19.9 Å². The molecule has 0 radical (unpaired) electrons. The normalized spacial score (nSPS) is 12.8. The van der Waals surface area contributed by atoms with Gasteiger partial charge in [-0.15, -0.1) is 0 Å². The maximum atomic E-state index is 10.9. The lowest BCUT2D eigenvalue weighted by molar-refractivity contribution is 0.0686. The molecule has 2 aromatic heterocycles. The minimum atomic E-state index is -1.09. The van der Waals surface area contributed by atoms with E-state index in [9.17, 15) is 4.79 Å². The van der Waals surface area contributed by atoms with E-state index in [1.807, 2.05) is 6.07 Å². The summed E-state index contributed by atoms with van der Waals surface area (Å²) in [6, 6.07) is 1.98. The maximum absolute atomic E-state index is 10.9. The standard InChI is InChI=1S/C11H11N3O3/c1-2-5-3-6-7(13-5)4-12-8-9(11(15)16)14-17-10(6)8/h3,12-13H,2,4H2,1H3,(H,15,16). The number of carboxylic acid groups (broad SMARTS) is 1. The number of carboxylic acids is 1. The molecule has 2 aromatic rings. The summed E-state index contributed by atoms with van der Waals surface area (Å²) in [5.41, 5.74) is 3.40. The number of anilines is 1. The van der Waals surface area contributed by atoms with Crippen LogP contribution in [0.5, 0.6) is 0 Å². The zero-order valence-electron chi connectivity index (χ0n) is 9.20. The Morgan fingerprint density at radius 3 is 3.18 bits per heavy atom. The highest BCUT2D eigenvalue weighted by molar-refractivity contribution is 5.97. The summed E-state index contributed by atoms with van der Waals surface area (Å²) in [5, 5.41) is 15.6. The van der Waals surface area contributed by atoms with Gasteiger partial charge in [0.15, 0.2) is 5.76 Å². The first-order valence-corrected chi connectivity index (χ1v) is 5.38. The van der Waals surface area contributed by atoms with Crippen LogP contribution in [0.25, 0.3) is 11.3 Å². The number of nitrogens with zero attached hydrogens (tertiary/aromatic N) is 1. The van der Waals surface area contributed by atoms with E-state index in [0.717, 1.165) is 23.4 Å². The molecule has 3 N–H and O–H groups in total. The Hall–Kier alpha value is -2.24. The fourth-order valence-electron chi connectivity index (χ4n) is 2.05. The van der Waals surface area contributed by atoms with Crippen LogP contribution in [-0.2, 0) is 13.0 Å². The number of aromatic amines is 1. The molecule has 0 unspecified atom stereocenters. The molecular formula is C11H11N3O3. The maximum Gasteiger partial charge on any atom is 0.360 e. The third-order valence-electron chi connectivity index (χ3n) is 2.92. The highest BCUT2D eigenvalue weighted by Gasteiger charge is 2.28. The predicted octanol–water partition coefficient (Wildman–Crippen LogP) is 1.86. The van der Waals surface area contributed by atoms with E-state index in [-0.39, 0.29) is 5.69 Å². The molecule has 3 heterocycles. The SMILES string of the molecule is CCc1cc2c([nH]1)CNc1c(C(=O)O)noc1-2. The van der Waals surface area contributed by atoms with Crippen molar-refractivity contribution >= 4 is 11.7 Å². The molecule has 88 valence electrons. The molecule has 0 amide bonds. The van der Waals surface area contributed by atoms with Gasteiger partial charge in [0.1, 0.15) is 5.69 Å². The number of H-pyrrole nitrogens is 1. The van der Waals surface area contributed by atoms with Crippen LogP contribution in [0.15, 0.2) is 10.6 Å². The van der Waals surface area contributed by atoms with Crippen LogP contribution in [-0.4, -0.2) is 21.2 Å². The molecule has 0 saturated heterocycles. The van der Waals surface area contributed by atoms with Gasteiger partial charge < -0.3 is 19.9 Å². The first-order chi connectivity index (χ1) is 8.20. The average molecular weight is 233 g/mol. The molecule has 0 aliphatic carbocycles. The van der Waals surface area contributed by atoms with Gasteiger partial charge in [-0.25, -0.2) is 4.79 Å². The molecule has 6 nitrogen and oxygen atoms in total. The van der Waals surface area contributed by atoms with Crippen molar-refractivity contribution in [2.24, 2.45) is 0 Å². The van der Waals surface area contributed by atoms with Crippen molar-refractivity contribution in [3.8, 4) is 11.3 Å². The second-order valence-corrected chi connectivity index (χ2v) is 3.93. The van der Waals surface area contributed by atoms with Crippen LogP contribution < -0.4 is 5.32 Å². The van der Waals surface area contributed by atoms with Crippen LogP contribution in [0.2, 0.25) is 0 Å². The van der Waals surface area contributed by atoms with Gasteiger partial charge in [-0.2, -0.15) is 0 Å². The van der Waals surface area contributed by atoms with Gasteiger partial charge in [0.2, 0.25) is 5.69 Å². The Bertz CT molecular complexity index is 597. The number of carbonyl (C=O) groups is 1. The zero-order valence-corrected chi connectivity index (χ0v) is 9.20. The van der Waals surface area contributed by atoms with Gasteiger partial charge in [0.25, 0.3) is 0 Å². The smallest absolute Gasteiger partial charge is 0.360 e. The minimum absolute atomic E-state index is 0.0649. The number of aromatic nitrogens is 2. The molecule has 0 fully saturated rings. The van der Waals surface area contributed by atoms with Crippen LogP contribution in [0, 0.1) is 0 Å². The number of nitrogens with one attached hydrogen (secondary N) is 2. The Morgan fingerprint density at radius 1 is 1.65 bits per heavy atom. The fraction of sp³-hybridized carbons (Fsp3) is 0.273. The molecule has 0 bridgehead atoms. The Morgan fingerprint density at radius 2 is 2.47 bits per heavy atom. The monoisotopic (exact) mass is 233 g/mol. The van der Waals surface area contributed by atoms with Crippen LogP contribution in [0.4, 0.5) is 5.69 Å². The molecule has 3 rings (SSSR count). The highest BCUT2D eigenvalue weighted by Crippen LogP contribution is 2.38. The largest absolute Gasteiger partial charge is 0.476 e. The van der Waals surface area contributed by atoms with Crippen LogP contribution >= 0.6 is 0 Å². The molecule has 0 aromatic carbocycles. The lowest BCUT2D eigenvalue weighted by Gasteiger charge is -2.12. The number of rotatable bonds is 2. The van der Waals surface area contributed by atoms with Crippen LogP contribution in [0.3, 0.4) is 0 Å². The van der Waals surface area contributed by atoms with Crippen molar-refractivity contribution in [1.29, 1.82) is 0 Å². The molecule has 1 aliphatic heterocycles. The second-order valence-electron chi connectivity index (χ2n) is 3.93. The molecule has 1 aliphatic rings. The van der Waals surface area contributed by atoms with Gasteiger partial charge >= 0.3 is 5.97 Å². The quantitative estimate of drug-likeness (QED) is 0.736. The van der Waals surface area contributed by atoms with Crippen LogP contribution in [0.1, 0.15) is 28.8 Å². The number of hydrogen-bond donors (Lipinski definition) is 3. The minimum Gasteiger partial charge on any atom is -0.476 e. The summed E-state index contributed by atoms with van der Waals surface area (Å²) in [6.45, 7) is 2.61. The van der Waals surface area contributed by atoms with E-state index in [4.69, 9.17) is 9.63 Å². The number of aromatic carboxylic acids is 1. The lowest BCUT2D eigenvalue weighted by Crippen LogP contribution is -2.10. The number of fused-ring (bicyclic) bond motifs is 3. The molecular weight excluding hydrogens is 222 g/mol. The van der Waals surface area contributed by atoms with Crippen molar-refractivity contribution in [3.05, 3.63) is 23.1 Å². The van der Waals surface area contributed by atoms with E-state index >= 15 is 0 Å². The van der Waals surface area contributed by atoms with Gasteiger partial charge in [-0.05, 0) is 12.5 Å². The van der Waals surface area contributed by atoms with E-state index in [2.05, 4.69) is 22.4 Å². The molecule has 0 saturated carbocycles. The molecule has 0 spiro atoms. The predicted molar refractivity (Wildman–Crippen MR) is 60.0 cm³/mol. The third kappa shape index (κ3) is 1.33. The van der Waals surface area contributed by atoms with Gasteiger partial charge in [0, 0.05) is 17.0 Å². The zero-order chi connectivity index (χ0) is 12.0. The summed E-state index contributed by atoms with van der Waals surface area (Å²) < 4.78 is 5.12. The highest BCUT2D eigenvalue weighted by atomic mass is 16.5. The Labute approximate surface area is 96.6 Å². The van der Waals surface area contributed by atoms with E-state index in [1.54, 1.807) is 0 Å². The first kappa shape index (κ1) is 9.95. The second kappa shape index (κ2) is 3.38. The Kier molecular flexibility index (Phi) is 1.98. The van der Waals surface area contributed by atoms with E-state index < -0.39 is 5.97 Å². The van der Waals surface area contributed by atoms with Gasteiger partial charge in [-0.1, -0.05) is 12.1 Å². The number of hydrogen-bond acceptors (Lipinski definition) is 4. The van der Waals surface area contributed by atoms with Gasteiger partial charge in [0.05, 0.1) is 6.54 Å². The molecule has 6 heteroatoms. The third-order valence-corrected chi connectivity index (χ3v) is 2.92. The van der Waals surface area contributed by atoms with Crippen molar-refractivity contribution in [3.63, 3.8) is 0 Å². The summed E-state index contributed by atoms with van der Waals surface area (Å²) in [4.78, 5) is 14.2. The number of aryl methyl sites for hydroxylation is 1.